The van der Waals surface area contributed by atoms with Crippen LogP contribution in [0, 0.1) is 22.0 Å². The number of nitrogens with zero attached hydrogens (tertiary/aromatic N) is 5. The number of ether oxygens (including phenoxy) is 1. The average molecular weight is 540 g/mol. The molecule has 2 aromatic heterocycles. The Morgan fingerprint density at radius 3 is 2.58 bits per heavy atom. The van der Waals surface area contributed by atoms with Crippen LogP contribution in [0.1, 0.15) is 35.6 Å². The van der Waals surface area contributed by atoms with E-state index in [1.165, 1.54) is 51.7 Å². The first kappa shape index (κ1) is 25.5. The van der Waals surface area contributed by atoms with Gasteiger partial charge in [0, 0.05) is 43.1 Å². The largest absolute Gasteiger partial charge is 0.456 e. The van der Waals surface area contributed by atoms with Crippen LogP contribution in [-0.2, 0) is 20.9 Å². The number of hydrogen-bond donors (Lipinski definition) is 1. The molecule has 1 fully saturated rings. The summed E-state index contributed by atoms with van der Waals surface area (Å²) in [5.74, 6) is -2.33. The molecule has 0 spiro atoms. The average Bonchev–Trinajstić information content (AvgIpc) is 3.53. The molecule has 0 aliphatic carbocycles. The zero-order chi connectivity index (χ0) is 27.5. The Balaban J connectivity index is 1.53. The summed E-state index contributed by atoms with van der Waals surface area (Å²) in [5, 5.41) is 23.0. The van der Waals surface area contributed by atoms with Gasteiger partial charge in [0.25, 0.3) is 11.6 Å². The molecule has 5 rings (SSSR count). The van der Waals surface area contributed by atoms with Crippen molar-refractivity contribution in [3.05, 3.63) is 68.7 Å². The van der Waals surface area contributed by atoms with Crippen LogP contribution in [0.5, 0.6) is 0 Å². The maximum atomic E-state index is 13.5. The third-order valence-corrected chi connectivity index (χ3v) is 7.99. The first-order chi connectivity index (χ1) is 18.0. The third kappa shape index (κ3) is 3.85. The molecule has 2 aliphatic heterocycles. The number of nitro benzene ring substituents is 1. The maximum absolute atomic E-state index is 13.5. The Morgan fingerprint density at radius 1 is 1.29 bits per heavy atom. The molecule has 4 atom stereocenters. The Bertz CT molecular complexity index is 1500. The van der Waals surface area contributed by atoms with Gasteiger partial charge in [-0.25, -0.2) is 9.78 Å². The molecular formula is C25H25N5O7S. The summed E-state index contributed by atoms with van der Waals surface area (Å²) < 4.78 is 7.29. The molecule has 1 saturated heterocycles. The molecule has 0 bridgehead atoms. The van der Waals surface area contributed by atoms with E-state index in [9.17, 15) is 29.6 Å². The van der Waals surface area contributed by atoms with Crippen LogP contribution in [0.3, 0.4) is 0 Å². The lowest BCUT2D eigenvalue weighted by atomic mass is 9.77. The summed E-state index contributed by atoms with van der Waals surface area (Å²) in [7, 11) is 3.27. The number of hydrogen-bond acceptors (Lipinski definition) is 9. The normalized spacial score (nSPS) is 21.3. The highest BCUT2D eigenvalue weighted by Gasteiger charge is 2.60. The van der Waals surface area contributed by atoms with Crippen molar-refractivity contribution in [2.24, 2.45) is 11.8 Å². The van der Waals surface area contributed by atoms with Gasteiger partial charge < -0.3 is 19.6 Å². The van der Waals surface area contributed by atoms with Crippen molar-refractivity contribution >= 4 is 45.2 Å². The Morgan fingerprint density at radius 2 is 1.97 bits per heavy atom. The predicted molar refractivity (Wildman–Crippen MR) is 136 cm³/mol. The van der Waals surface area contributed by atoms with Crippen molar-refractivity contribution in [3.8, 4) is 0 Å². The molecule has 0 unspecified atom stereocenters. The van der Waals surface area contributed by atoms with E-state index in [2.05, 4.69) is 4.98 Å². The molecule has 198 valence electrons. The monoisotopic (exact) mass is 539 g/mol. The number of amides is 2. The number of thiazole rings is 1. The minimum Gasteiger partial charge on any atom is -0.456 e. The fraction of sp³-hybridized carbons (Fsp3) is 0.360. The number of aromatic nitrogens is 2. The molecule has 12 nitrogen and oxygen atoms in total. The number of esters is 1. The lowest BCUT2D eigenvalue weighted by molar-refractivity contribution is -0.384. The molecule has 3 aromatic rings. The van der Waals surface area contributed by atoms with E-state index in [0.29, 0.717) is 21.7 Å². The third-order valence-electron chi connectivity index (χ3n) is 7.03. The molecule has 13 heteroatoms. The Kier molecular flexibility index (Phi) is 6.27. The quantitative estimate of drug-likeness (QED) is 0.208. The van der Waals surface area contributed by atoms with Gasteiger partial charge in [0.2, 0.25) is 5.91 Å². The summed E-state index contributed by atoms with van der Waals surface area (Å²) in [4.78, 5) is 57.2. The molecule has 2 aliphatic rings. The van der Waals surface area contributed by atoms with Crippen molar-refractivity contribution < 1.29 is 29.2 Å². The number of nitro groups is 1. The van der Waals surface area contributed by atoms with Crippen LogP contribution in [0.4, 0.5) is 5.69 Å². The predicted octanol–water partition coefficient (Wildman–Crippen LogP) is 2.32. The highest BCUT2D eigenvalue weighted by Crippen LogP contribution is 2.51. The second kappa shape index (κ2) is 9.33. The van der Waals surface area contributed by atoms with Crippen molar-refractivity contribution in [2.75, 3.05) is 14.1 Å². The first-order valence-electron chi connectivity index (χ1n) is 11.8. The van der Waals surface area contributed by atoms with Crippen LogP contribution in [-0.4, -0.2) is 73.2 Å². The summed E-state index contributed by atoms with van der Waals surface area (Å²) in [6.07, 6.45) is 0.615. The van der Waals surface area contributed by atoms with E-state index in [0.717, 1.165) is 0 Å². The fourth-order valence-electron chi connectivity index (χ4n) is 5.17. The van der Waals surface area contributed by atoms with E-state index in [-0.39, 0.29) is 41.4 Å². The van der Waals surface area contributed by atoms with Gasteiger partial charge in [-0.1, -0.05) is 6.92 Å². The minimum atomic E-state index is -0.900. The molecule has 1 aromatic carbocycles. The van der Waals surface area contributed by atoms with E-state index in [4.69, 9.17) is 4.74 Å². The topological polar surface area (TPSA) is 148 Å². The second-order valence-corrected chi connectivity index (χ2v) is 10.5. The van der Waals surface area contributed by atoms with Gasteiger partial charge in [0.1, 0.15) is 23.5 Å². The van der Waals surface area contributed by atoms with Crippen molar-refractivity contribution in [1.29, 1.82) is 0 Å². The number of β-lactam (4-membered cyclic amide) rings is 1. The summed E-state index contributed by atoms with van der Waals surface area (Å²) in [6.45, 7) is 3.28. The van der Waals surface area contributed by atoms with Crippen LogP contribution >= 0.6 is 11.3 Å². The zero-order valence-electron chi connectivity index (χ0n) is 21.0. The number of aliphatic hydroxyl groups is 1. The molecule has 1 N–H and O–H groups in total. The molecular weight excluding hydrogens is 514 g/mol. The van der Waals surface area contributed by atoms with Crippen molar-refractivity contribution in [3.63, 3.8) is 0 Å². The highest BCUT2D eigenvalue weighted by atomic mass is 32.1. The number of non-ortho nitro benzene ring substituents is 1. The van der Waals surface area contributed by atoms with Crippen molar-refractivity contribution in [1.82, 2.24) is 19.2 Å². The number of rotatable bonds is 7. The molecule has 4 heterocycles. The van der Waals surface area contributed by atoms with Crippen LogP contribution in [0.15, 0.2) is 41.7 Å². The lowest BCUT2D eigenvalue weighted by Gasteiger charge is -2.46. The van der Waals surface area contributed by atoms with Crippen molar-refractivity contribution in [2.45, 2.75) is 32.6 Å². The molecule has 0 saturated carbocycles. The number of aliphatic hydroxyl groups excluding tert-OH is 1. The zero-order valence-corrected chi connectivity index (χ0v) is 21.8. The smallest absolute Gasteiger partial charge is 0.355 e. The van der Waals surface area contributed by atoms with Gasteiger partial charge in [-0.15, -0.1) is 11.3 Å². The second-order valence-electron chi connectivity index (χ2n) is 9.60. The molecule has 38 heavy (non-hydrogen) atoms. The van der Waals surface area contributed by atoms with E-state index >= 15 is 0 Å². The summed E-state index contributed by atoms with van der Waals surface area (Å²) in [5.41, 5.74) is 2.00. The van der Waals surface area contributed by atoms with Crippen LogP contribution in [0.2, 0.25) is 0 Å². The number of carbonyl (C=O) groups is 3. The minimum absolute atomic E-state index is 0.0817. The van der Waals surface area contributed by atoms with Gasteiger partial charge in [0.05, 0.1) is 28.7 Å². The van der Waals surface area contributed by atoms with Crippen LogP contribution in [0.25, 0.3) is 10.4 Å². The highest BCUT2D eigenvalue weighted by molar-refractivity contribution is 7.16. The fourth-order valence-corrected chi connectivity index (χ4v) is 6.14. The summed E-state index contributed by atoms with van der Waals surface area (Å²) >= 11 is 1.30. The van der Waals surface area contributed by atoms with Gasteiger partial charge in [-0.05, 0) is 24.6 Å². The molecule has 0 radical (unpaired) electrons. The maximum Gasteiger partial charge on any atom is 0.355 e. The van der Waals surface area contributed by atoms with Crippen LogP contribution < -0.4 is 0 Å². The van der Waals surface area contributed by atoms with Gasteiger partial charge >= 0.3 is 5.97 Å². The number of carbonyl (C=O) groups excluding carboxylic acids is 3. The Labute approximate surface area is 220 Å². The number of benzene rings is 1. The van der Waals surface area contributed by atoms with Gasteiger partial charge in [0.15, 0.2) is 5.69 Å². The standard InChI is InChI=1S/C25H25N5O7S/c1-12-17(16-10-38-24-19(23(33)27(3)4)26-11-28(16)24)21(29-20(12)18(13(2)31)22(29)32)25(34)37-9-14-5-7-15(8-6-14)30(35)36/h5-8,10-13,18,20,31H,9H2,1-4H3/t12-,13+,18+,20+/m0/s1. The first-order valence-corrected chi connectivity index (χ1v) is 12.7. The lowest BCUT2D eigenvalue weighted by Crippen LogP contribution is -2.63. The number of imidazole rings is 1. The molecule has 2 amide bonds. The Hall–Kier alpha value is -4.10. The van der Waals surface area contributed by atoms with E-state index in [1.807, 2.05) is 12.3 Å². The number of fused-ring (bicyclic) bond motifs is 2. The SMILES string of the molecule is C[C@@H](O)[C@H]1C(=O)N2C(C(=O)OCc3ccc([N+](=O)[O-])cc3)=C(c3csc4c(C(=O)N(C)C)ncn34)[C@H](C)[C@H]12. The van der Waals surface area contributed by atoms with Gasteiger partial charge in [-0.3, -0.25) is 24.1 Å². The van der Waals surface area contributed by atoms with E-state index < -0.39 is 29.0 Å². The van der Waals surface area contributed by atoms with E-state index in [1.54, 1.807) is 25.4 Å². The van der Waals surface area contributed by atoms with Gasteiger partial charge in [-0.2, -0.15) is 0 Å². The summed E-state index contributed by atoms with van der Waals surface area (Å²) in [6, 6.07) is 5.20.